The lowest BCUT2D eigenvalue weighted by Crippen LogP contribution is -2.36. The molecule has 0 spiro atoms. The highest BCUT2D eigenvalue weighted by Gasteiger charge is 2.23. The molecule has 1 fully saturated rings. The molecule has 1 amide bonds. The zero-order valence-corrected chi connectivity index (χ0v) is 13.8. The summed E-state index contributed by atoms with van der Waals surface area (Å²) >= 11 is 1.55. The molecule has 8 heteroatoms. The number of nitro groups is 1. The van der Waals surface area contributed by atoms with Gasteiger partial charge in [-0.15, -0.1) is 11.3 Å². The van der Waals surface area contributed by atoms with Crippen LogP contribution in [0.5, 0.6) is 0 Å². The van der Waals surface area contributed by atoms with Gasteiger partial charge in [0, 0.05) is 29.6 Å². The largest absolute Gasteiger partial charge is 0.378 e. The van der Waals surface area contributed by atoms with E-state index < -0.39 is 4.92 Å². The number of hydrogen-bond donors (Lipinski definition) is 1. The lowest BCUT2D eigenvalue weighted by atomic mass is 10.1. The number of carbonyl (C=O) groups excluding carboxylic acids is 1. The number of hydrogen-bond acceptors (Lipinski definition) is 6. The molecule has 0 saturated carbocycles. The van der Waals surface area contributed by atoms with Gasteiger partial charge in [-0.3, -0.25) is 14.9 Å². The molecule has 126 valence electrons. The Kier molecular flexibility index (Phi) is 5.07. The van der Waals surface area contributed by atoms with Gasteiger partial charge < -0.3 is 15.0 Å². The van der Waals surface area contributed by atoms with Crippen molar-refractivity contribution in [3.63, 3.8) is 0 Å². The number of amides is 1. The number of benzene rings is 1. The van der Waals surface area contributed by atoms with Gasteiger partial charge in [-0.2, -0.15) is 0 Å². The Labute approximate surface area is 143 Å². The fourth-order valence-corrected chi connectivity index (χ4v) is 3.21. The zero-order valence-electron chi connectivity index (χ0n) is 12.9. The topological polar surface area (TPSA) is 84.7 Å². The summed E-state index contributed by atoms with van der Waals surface area (Å²) in [6.07, 6.45) is 0. The summed E-state index contributed by atoms with van der Waals surface area (Å²) < 4.78 is 5.28. The van der Waals surface area contributed by atoms with Crippen LogP contribution < -0.4 is 10.2 Å². The van der Waals surface area contributed by atoms with Crippen molar-refractivity contribution in [3.8, 4) is 0 Å². The third-order valence-corrected chi connectivity index (χ3v) is 4.67. The SMILES string of the molecule is O=C(NCc1cccs1)c1ccc(N2CCOCC2)c([N+](=O)[O-])c1. The first-order valence-electron chi connectivity index (χ1n) is 7.57. The molecule has 1 aliphatic heterocycles. The molecule has 1 N–H and O–H groups in total. The predicted octanol–water partition coefficient (Wildman–Crippen LogP) is 2.42. The molecule has 1 aliphatic rings. The van der Waals surface area contributed by atoms with Gasteiger partial charge in [-0.05, 0) is 23.6 Å². The number of nitro benzene ring substituents is 1. The smallest absolute Gasteiger partial charge is 0.293 e. The number of thiophene rings is 1. The summed E-state index contributed by atoms with van der Waals surface area (Å²) in [5.41, 5.74) is 0.758. The van der Waals surface area contributed by atoms with Crippen LogP contribution in [0.1, 0.15) is 15.2 Å². The van der Waals surface area contributed by atoms with Gasteiger partial charge in [0.15, 0.2) is 0 Å². The minimum absolute atomic E-state index is 0.0549. The van der Waals surface area contributed by atoms with E-state index in [0.29, 0.717) is 38.5 Å². The highest BCUT2D eigenvalue weighted by Crippen LogP contribution is 2.30. The molecule has 0 unspecified atom stereocenters. The van der Waals surface area contributed by atoms with Gasteiger partial charge in [-0.25, -0.2) is 0 Å². The zero-order chi connectivity index (χ0) is 16.9. The van der Waals surface area contributed by atoms with Crippen molar-refractivity contribution in [2.45, 2.75) is 6.54 Å². The molecule has 2 heterocycles. The second kappa shape index (κ2) is 7.41. The first-order chi connectivity index (χ1) is 11.6. The quantitative estimate of drug-likeness (QED) is 0.663. The molecule has 1 saturated heterocycles. The van der Waals surface area contributed by atoms with E-state index in [0.717, 1.165) is 4.88 Å². The van der Waals surface area contributed by atoms with E-state index >= 15 is 0 Å². The van der Waals surface area contributed by atoms with Crippen LogP contribution in [0, 0.1) is 10.1 Å². The number of rotatable bonds is 5. The molecule has 3 rings (SSSR count). The highest BCUT2D eigenvalue weighted by atomic mass is 32.1. The Balaban J connectivity index is 1.77. The molecule has 1 aromatic carbocycles. The monoisotopic (exact) mass is 347 g/mol. The summed E-state index contributed by atoms with van der Waals surface area (Å²) in [5, 5.41) is 16.1. The van der Waals surface area contributed by atoms with E-state index in [-0.39, 0.29) is 17.2 Å². The number of morpholine rings is 1. The van der Waals surface area contributed by atoms with Crippen LogP contribution in [0.15, 0.2) is 35.7 Å². The lowest BCUT2D eigenvalue weighted by Gasteiger charge is -2.28. The van der Waals surface area contributed by atoms with Crippen LogP contribution in [0.4, 0.5) is 11.4 Å². The van der Waals surface area contributed by atoms with Crippen LogP contribution in [0.3, 0.4) is 0 Å². The normalized spacial score (nSPS) is 14.4. The Morgan fingerprint density at radius 3 is 2.79 bits per heavy atom. The number of ether oxygens (including phenoxy) is 1. The van der Waals surface area contributed by atoms with E-state index in [1.807, 2.05) is 22.4 Å². The fourth-order valence-electron chi connectivity index (χ4n) is 2.57. The first kappa shape index (κ1) is 16.4. The molecular formula is C16H17N3O4S. The van der Waals surface area contributed by atoms with Crippen molar-refractivity contribution in [2.75, 3.05) is 31.2 Å². The molecule has 24 heavy (non-hydrogen) atoms. The standard InChI is InChI=1S/C16H17N3O4S/c20-16(17-11-13-2-1-9-24-13)12-3-4-14(15(10-12)19(21)22)18-5-7-23-8-6-18/h1-4,9-10H,5-8,11H2,(H,17,20). The lowest BCUT2D eigenvalue weighted by molar-refractivity contribution is -0.384. The van der Waals surface area contributed by atoms with Crippen molar-refractivity contribution in [1.82, 2.24) is 5.32 Å². The van der Waals surface area contributed by atoms with E-state index in [1.54, 1.807) is 23.5 Å². The van der Waals surface area contributed by atoms with E-state index in [2.05, 4.69) is 5.32 Å². The Morgan fingerprint density at radius 2 is 2.12 bits per heavy atom. The van der Waals surface area contributed by atoms with Crippen LogP contribution in [-0.4, -0.2) is 37.1 Å². The third kappa shape index (κ3) is 3.72. The summed E-state index contributed by atoms with van der Waals surface area (Å²) in [6.45, 7) is 2.70. The Hall–Kier alpha value is -2.45. The molecular weight excluding hydrogens is 330 g/mol. The van der Waals surface area contributed by atoms with Crippen molar-refractivity contribution in [3.05, 3.63) is 56.3 Å². The number of nitrogens with zero attached hydrogens (tertiary/aromatic N) is 2. The maximum absolute atomic E-state index is 12.2. The molecule has 7 nitrogen and oxygen atoms in total. The average Bonchev–Trinajstić information content (AvgIpc) is 3.13. The second-order valence-corrected chi connectivity index (χ2v) is 6.35. The molecule has 0 radical (unpaired) electrons. The maximum atomic E-state index is 12.2. The van der Waals surface area contributed by atoms with Crippen LogP contribution in [0.25, 0.3) is 0 Å². The van der Waals surface area contributed by atoms with Gasteiger partial charge in [0.05, 0.1) is 24.7 Å². The molecule has 0 bridgehead atoms. The Morgan fingerprint density at radius 1 is 1.33 bits per heavy atom. The summed E-state index contributed by atoms with van der Waals surface area (Å²) in [5.74, 6) is -0.319. The van der Waals surface area contributed by atoms with E-state index in [9.17, 15) is 14.9 Å². The predicted molar refractivity (Wildman–Crippen MR) is 91.6 cm³/mol. The average molecular weight is 347 g/mol. The van der Waals surface area contributed by atoms with Crippen LogP contribution in [-0.2, 0) is 11.3 Å². The molecule has 0 aliphatic carbocycles. The van der Waals surface area contributed by atoms with Crippen LogP contribution >= 0.6 is 11.3 Å². The fraction of sp³-hybridized carbons (Fsp3) is 0.312. The van der Waals surface area contributed by atoms with E-state index in [4.69, 9.17) is 4.74 Å². The van der Waals surface area contributed by atoms with Gasteiger partial charge in [0.2, 0.25) is 0 Å². The number of nitrogens with one attached hydrogen (secondary N) is 1. The summed E-state index contributed by atoms with van der Waals surface area (Å²) in [4.78, 5) is 26.1. The minimum atomic E-state index is -0.444. The number of carbonyl (C=O) groups is 1. The first-order valence-corrected chi connectivity index (χ1v) is 8.45. The molecule has 1 aromatic heterocycles. The van der Waals surface area contributed by atoms with Gasteiger partial charge in [0.1, 0.15) is 5.69 Å². The maximum Gasteiger partial charge on any atom is 0.293 e. The second-order valence-electron chi connectivity index (χ2n) is 5.32. The van der Waals surface area contributed by atoms with Gasteiger partial charge in [-0.1, -0.05) is 6.07 Å². The summed E-state index contributed by atoms with van der Waals surface area (Å²) in [6, 6.07) is 8.45. The van der Waals surface area contributed by atoms with Crippen LogP contribution in [0.2, 0.25) is 0 Å². The third-order valence-electron chi connectivity index (χ3n) is 3.79. The van der Waals surface area contributed by atoms with Crippen molar-refractivity contribution < 1.29 is 14.5 Å². The molecule has 2 aromatic rings. The minimum Gasteiger partial charge on any atom is -0.378 e. The van der Waals surface area contributed by atoms with Gasteiger partial charge in [0.25, 0.3) is 11.6 Å². The van der Waals surface area contributed by atoms with Crippen molar-refractivity contribution >= 4 is 28.6 Å². The van der Waals surface area contributed by atoms with Gasteiger partial charge >= 0.3 is 0 Å². The Bertz CT molecular complexity index is 727. The highest BCUT2D eigenvalue weighted by molar-refractivity contribution is 7.09. The summed E-state index contributed by atoms with van der Waals surface area (Å²) in [7, 11) is 0. The van der Waals surface area contributed by atoms with E-state index in [1.165, 1.54) is 6.07 Å². The van der Waals surface area contributed by atoms with Crippen molar-refractivity contribution in [2.24, 2.45) is 0 Å². The van der Waals surface area contributed by atoms with Crippen molar-refractivity contribution in [1.29, 1.82) is 0 Å². The molecule has 0 atom stereocenters. The number of anilines is 1.